The van der Waals surface area contributed by atoms with Gasteiger partial charge < -0.3 is 19.9 Å². The Kier molecular flexibility index (Phi) is 12.9. The number of hydrogen-bond acceptors (Lipinski definition) is 8. The van der Waals surface area contributed by atoms with Crippen molar-refractivity contribution in [3.63, 3.8) is 0 Å². The summed E-state index contributed by atoms with van der Waals surface area (Å²) in [5.41, 5.74) is 4.60. The van der Waals surface area contributed by atoms with Crippen LogP contribution in [-0.2, 0) is 27.0 Å². The Labute approximate surface area is 298 Å². The van der Waals surface area contributed by atoms with Crippen LogP contribution >= 0.6 is 0 Å². The van der Waals surface area contributed by atoms with E-state index < -0.39 is 37.4 Å². The number of aliphatic hydroxyl groups excluding tert-OH is 1. The molecule has 0 unspecified atom stereocenters. The molecule has 9 nitrogen and oxygen atoms in total. The van der Waals surface area contributed by atoms with E-state index in [1.807, 2.05) is 92.4 Å². The number of fused-ring (bicyclic) bond motifs is 1. The summed E-state index contributed by atoms with van der Waals surface area (Å²) in [6.45, 7) is 6.07. The summed E-state index contributed by atoms with van der Waals surface area (Å²) in [6, 6.07) is 23.5. The van der Waals surface area contributed by atoms with Crippen LogP contribution in [0.2, 0.25) is 0 Å². The van der Waals surface area contributed by atoms with Gasteiger partial charge >= 0.3 is 0 Å². The molecule has 50 heavy (non-hydrogen) atoms. The first kappa shape index (κ1) is 39.0. The molecule has 270 valence electrons. The number of nitrogens with zero attached hydrogens (tertiary/aromatic N) is 2. The van der Waals surface area contributed by atoms with E-state index in [0.29, 0.717) is 23.3 Å². The van der Waals surface area contributed by atoms with Crippen LogP contribution in [0.15, 0.2) is 101 Å². The molecule has 11 heteroatoms. The molecule has 4 aromatic rings. The number of pyridine rings is 1. The van der Waals surface area contributed by atoms with Crippen LogP contribution in [0.1, 0.15) is 75.0 Å². The van der Waals surface area contributed by atoms with Crippen LogP contribution in [0.3, 0.4) is 0 Å². The molecule has 0 spiro atoms. The monoisotopic (exact) mass is 721 g/mol. The van der Waals surface area contributed by atoms with E-state index >= 15 is 0 Å². The molecule has 0 amide bonds. The highest BCUT2D eigenvalue weighted by Gasteiger charge is 2.49. The predicted octanol–water partition coefficient (Wildman–Crippen LogP) is 6.87. The maximum atomic E-state index is 14.0. The van der Waals surface area contributed by atoms with E-state index in [0.717, 1.165) is 53.9 Å². The Balaban J connectivity index is 0.000000435. The van der Waals surface area contributed by atoms with Crippen LogP contribution in [-0.4, -0.2) is 52.4 Å². The molecule has 0 saturated carbocycles. The molecule has 1 aromatic heterocycles. The van der Waals surface area contributed by atoms with Crippen molar-refractivity contribution < 1.29 is 31.1 Å². The molecule has 2 heterocycles. The van der Waals surface area contributed by atoms with E-state index in [-0.39, 0.29) is 10.6 Å². The quantitative estimate of drug-likeness (QED) is 0.127. The standard InChI is InChI=1S/C32H43N3O3S.C7H8O3S/c1-6-8-17-32(18-9-7-2)23-39(37,38)29-14-13-27(34(3)4)22-28(29)30(31(32)36)24-11-10-12-26(21-24)33-25-15-19-35(5)20-16-25;1-6-2-4-7(5-3-6)11(8,9)10/h10-16,19-22,30-31,36H,6-9,17-18,23H2,1-5H3;2-5H,1H3,(H,8,9,10)/t30-,31-;/m1./s1. The number of hydrogen-bond donors (Lipinski definition) is 2. The van der Waals surface area contributed by atoms with E-state index in [4.69, 9.17) is 0 Å². The van der Waals surface area contributed by atoms with Crippen molar-refractivity contribution in [3.05, 3.63) is 108 Å². The lowest BCUT2D eigenvalue weighted by Crippen LogP contribution is -2.43. The van der Waals surface area contributed by atoms with Gasteiger partial charge in [0.1, 0.15) is 17.2 Å². The molecule has 0 bridgehead atoms. The maximum Gasteiger partial charge on any atom is 0.179 e. The number of aromatic nitrogens is 1. The van der Waals surface area contributed by atoms with Crippen LogP contribution in [0.25, 0.3) is 0 Å². The van der Waals surface area contributed by atoms with Gasteiger partial charge in [-0.05, 0) is 73.4 Å². The zero-order valence-electron chi connectivity index (χ0n) is 30.0. The molecule has 0 aliphatic carbocycles. The van der Waals surface area contributed by atoms with Crippen molar-refractivity contribution in [3.8, 4) is 0 Å². The summed E-state index contributed by atoms with van der Waals surface area (Å²) < 4.78 is 61.2. The van der Waals surface area contributed by atoms with Crippen molar-refractivity contribution in [2.45, 2.75) is 81.1 Å². The van der Waals surface area contributed by atoms with Gasteiger partial charge in [-0.1, -0.05) is 69.4 Å². The molecular formula is C39H51N3O6S2. The average Bonchev–Trinajstić information content (AvgIpc) is 3.14. The molecule has 1 aliphatic heterocycles. The number of aliphatic hydroxyl groups is 1. The van der Waals surface area contributed by atoms with Gasteiger partial charge in [-0.2, -0.15) is 0 Å². The third kappa shape index (κ3) is 9.51. The molecule has 0 saturated heterocycles. The van der Waals surface area contributed by atoms with Crippen molar-refractivity contribution in [1.82, 2.24) is 0 Å². The van der Waals surface area contributed by atoms with Crippen LogP contribution in [0, 0.1) is 12.3 Å². The number of anilines is 3. The first-order valence-electron chi connectivity index (χ1n) is 17.2. The Hall–Kier alpha value is -3.77. The van der Waals surface area contributed by atoms with Gasteiger partial charge in [0.2, 0.25) is 0 Å². The van der Waals surface area contributed by atoms with Gasteiger partial charge in [-0.25, -0.2) is 21.4 Å². The van der Waals surface area contributed by atoms with Crippen LogP contribution in [0.4, 0.5) is 17.1 Å². The molecule has 1 aliphatic rings. The van der Waals surface area contributed by atoms with Gasteiger partial charge in [0.15, 0.2) is 22.2 Å². The minimum Gasteiger partial charge on any atom is -0.744 e. The van der Waals surface area contributed by atoms with Gasteiger partial charge in [0.25, 0.3) is 0 Å². The zero-order valence-corrected chi connectivity index (χ0v) is 31.6. The predicted molar refractivity (Wildman–Crippen MR) is 199 cm³/mol. The van der Waals surface area contributed by atoms with E-state index in [9.17, 15) is 26.5 Å². The first-order chi connectivity index (χ1) is 23.6. The van der Waals surface area contributed by atoms with E-state index in [1.165, 1.54) is 12.1 Å². The molecular weight excluding hydrogens is 671 g/mol. The Morgan fingerprint density at radius 3 is 2.10 bits per heavy atom. The van der Waals surface area contributed by atoms with Crippen LogP contribution < -0.4 is 14.8 Å². The zero-order chi connectivity index (χ0) is 36.7. The third-order valence-electron chi connectivity index (χ3n) is 9.48. The number of unbranched alkanes of at least 4 members (excludes halogenated alkanes) is 2. The lowest BCUT2D eigenvalue weighted by atomic mass is 9.68. The fourth-order valence-corrected chi connectivity index (χ4v) is 9.32. The van der Waals surface area contributed by atoms with Crippen LogP contribution in [0.5, 0.6) is 0 Å². The Bertz CT molecular complexity index is 1940. The fraction of sp³-hybridized carbons (Fsp3) is 0.410. The number of aryl methyl sites for hydroxylation is 2. The Morgan fingerprint density at radius 2 is 1.54 bits per heavy atom. The summed E-state index contributed by atoms with van der Waals surface area (Å²) in [5, 5.41) is 15.9. The summed E-state index contributed by atoms with van der Waals surface area (Å²) in [6.07, 6.45) is 8.19. The molecule has 0 radical (unpaired) electrons. The first-order valence-corrected chi connectivity index (χ1v) is 20.2. The minimum atomic E-state index is -4.27. The SMILES string of the molecule is CCCCC1(CCCC)CS(=O)(=O)c2ccc(N(C)C)cc2[C@@H](c2cccc(Nc3cc[n+](C)cc3)c2)[C@H]1O.Cc1ccc(S(=O)(=O)[O-])cc1. The third-order valence-corrected chi connectivity index (χ3v) is 12.3. The second kappa shape index (κ2) is 16.5. The minimum absolute atomic E-state index is 0.0229. The van der Waals surface area contributed by atoms with Gasteiger partial charge in [0.05, 0.1) is 27.3 Å². The summed E-state index contributed by atoms with van der Waals surface area (Å²) >= 11 is 0. The Morgan fingerprint density at radius 1 is 0.920 bits per heavy atom. The summed E-state index contributed by atoms with van der Waals surface area (Å²) in [7, 11) is -2.00. The van der Waals surface area contributed by atoms with Gasteiger partial charge in [-0.3, -0.25) is 0 Å². The van der Waals surface area contributed by atoms with Crippen molar-refractivity contribution in [2.75, 3.05) is 30.1 Å². The summed E-state index contributed by atoms with van der Waals surface area (Å²) in [5.74, 6) is -0.494. The van der Waals surface area contributed by atoms with Crippen molar-refractivity contribution in [2.24, 2.45) is 12.5 Å². The topological polar surface area (TPSA) is 131 Å². The highest BCUT2D eigenvalue weighted by atomic mass is 32.2. The largest absolute Gasteiger partial charge is 0.744 e. The van der Waals surface area contributed by atoms with Crippen molar-refractivity contribution in [1.29, 1.82) is 0 Å². The number of sulfone groups is 1. The second-order valence-corrected chi connectivity index (χ2v) is 17.0. The maximum absolute atomic E-state index is 14.0. The van der Waals surface area contributed by atoms with Gasteiger partial charge in [-0.15, -0.1) is 0 Å². The molecule has 2 atom stereocenters. The van der Waals surface area contributed by atoms with Crippen molar-refractivity contribution >= 4 is 37.0 Å². The summed E-state index contributed by atoms with van der Waals surface area (Å²) in [4.78, 5) is 2.15. The lowest BCUT2D eigenvalue weighted by molar-refractivity contribution is -0.671. The highest BCUT2D eigenvalue weighted by molar-refractivity contribution is 7.91. The molecule has 2 N–H and O–H groups in total. The van der Waals surface area contributed by atoms with E-state index in [1.54, 1.807) is 18.2 Å². The average molecular weight is 722 g/mol. The molecule has 3 aromatic carbocycles. The lowest BCUT2D eigenvalue weighted by Gasteiger charge is -2.40. The number of rotatable bonds is 11. The fourth-order valence-electron chi connectivity index (χ4n) is 6.66. The highest BCUT2D eigenvalue weighted by Crippen LogP contribution is 2.50. The van der Waals surface area contributed by atoms with Gasteiger partial charge in [0, 0.05) is 48.9 Å². The molecule has 5 rings (SSSR count). The van der Waals surface area contributed by atoms with E-state index in [2.05, 4.69) is 25.2 Å². The number of benzene rings is 3. The number of nitrogens with one attached hydrogen (secondary N) is 1. The smallest absolute Gasteiger partial charge is 0.179 e. The normalized spacial score (nSPS) is 17.8. The molecule has 0 fully saturated rings. The second-order valence-electron chi connectivity index (χ2n) is 13.6.